The Hall–Kier alpha value is -1.51. The number of rotatable bonds is 0. The van der Waals surface area contributed by atoms with Crippen LogP contribution in [0.5, 0.6) is 5.75 Å². The van der Waals surface area contributed by atoms with Crippen LogP contribution < -0.4 is 9.64 Å². The number of amides is 1. The first-order chi connectivity index (χ1) is 7.83. The minimum atomic E-state index is -0.478. The third kappa shape index (κ3) is 1.90. The summed E-state index contributed by atoms with van der Waals surface area (Å²) in [7, 11) is 1.82. The Morgan fingerprint density at radius 3 is 2.59 bits per heavy atom. The molecule has 0 saturated heterocycles. The van der Waals surface area contributed by atoms with E-state index in [1.54, 1.807) is 4.90 Å². The topological polar surface area (TPSA) is 29.5 Å². The van der Waals surface area contributed by atoms with Gasteiger partial charge in [0.05, 0.1) is 11.1 Å². The number of carbonyl (C=O) groups is 1. The van der Waals surface area contributed by atoms with E-state index in [2.05, 4.69) is 6.07 Å². The van der Waals surface area contributed by atoms with Crippen molar-refractivity contribution in [1.82, 2.24) is 0 Å². The molecule has 92 valence electrons. The van der Waals surface area contributed by atoms with E-state index in [0.29, 0.717) is 6.61 Å². The quantitative estimate of drug-likeness (QED) is 0.689. The Bertz CT molecular complexity index is 477. The van der Waals surface area contributed by atoms with Gasteiger partial charge in [-0.15, -0.1) is 0 Å². The lowest BCUT2D eigenvalue weighted by Crippen LogP contribution is -2.39. The summed E-state index contributed by atoms with van der Waals surface area (Å²) >= 11 is 0. The number of carbonyl (C=O) groups excluding carboxylic acids is 1. The van der Waals surface area contributed by atoms with Crippen LogP contribution in [0.25, 0.3) is 0 Å². The Labute approximate surface area is 102 Å². The lowest BCUT2D eigenvalue weighted by atomic mass is 9.93. The molecule has 1 aliphatic rings. The Balaban J connectivity index is 2.59. The van der Waals surface area contributed by atoms with Crippen molar-refractivity contribution in [2.24, 2.45) is 5.41 Å². The highest BCUT2D eigenvalue weighted by atomic mass is 16.5. The van der Waals surface area contributed by atoms with Crippen molar-refractivity contribution >= 4 is 11.6 Å². The molecule has 3 heteroatoms. The van der Waals surface area contributed by atoms with Crippen molar-refractivity contribution in [3.63, 3.8) is 0 Å². The number of benzene rings is 1. The normalized spacial score (nSPS) is 18.4. The third-order valence-corrected chi connectivity index (χ3v) is 3.22. The maximum Gasteiger partial charge on any atom is 0.235 e. The fraction of sp³-hybridized carbons (Fsp3) is 0.500. The van der Waals surface area contributed by atoms with Crippen molar-refractivity contribution in [1.29, 1.82) is 0 Å². The average molecular weight is 233 g/mol. The maximum atomic E-state index is 12.3. The summed E-state index contributed by atoms with van der Waals surface area (Å²) < 4.78 is 5.83. The van der Waals surface area contributed by atoms with Gasteiger partial charge in [0.1, 0.15) is 12.4 Å². The van der Waals surface area contributed by atoms with E-state index >= 15 is 0 Å². The smallest absolute Gasteiger partial charge is 0.235 e. The van der Waals surface area contributed by atoms with Gasteiger partial charge in [0, 0.05) is 7.05 Å². The molecule has 0 saturated carbocycles. The molecule has 0 atom stereocenters. The average Bonchev–Trinajstić information content (AvgIpc) is 2.31. The number of aryl methyl sites for hydroxylation is 2. The van der Waals surface area contributed by atoms with Crippen LogP contribution in [0.3, 0.4) is 0 Å². The highest BCUT2D eigenvalue weighted by Gasteiger charge is 2.36. The molecule has 0 spiro atoms. The zero-order chi connectivity index (χ0) is 12.8. The summed E-state index contributed by atoms with van der Waals surface area (Å²) in [6.45, 7) is 8.30. The first-order valence-electron chi connectivity index (χ1n) is 5.85. The van der Waals surface area contributed by atoms with Crippen LogP contribution in [-0.4, -0.2) is 19.6 Å². The second-order valence-corrected chi connectivity index (χ2v) is 5.47. The largest absolute Gasteiger partial charge is 0.490 e. The van der Waals surface area contributed by atoms with Crippen molar-refractivity contribution < 1.29 is 9.53 Å². The van der Waals surface area contributed by atoms with Crippen molar-refractivity contribution in [2.75, 3.05) is 18.6 Å². The van der Waals surface area contributed by atoms with Crippen LogP contribution in [0.15, 0.2) is 12.1 Å². The monoisotopic (exact) mass is 233 g/mol. The third-order valence-electron chi connectivity index (χ3n) is 3.22. The van der Waals surface area contributed by atoms with Crippen LogP contribution in [0.2, 0.25) is 0 Å². The predicted octanol–water partition coefficient (Wildman–Crippen LogP) is 2.68. The molecule has 1 aromatic carbocycles. The number of hydrogen-bond donors (Lipinski definition) is 0. The van der Waals surface area contributed by atoms with Gasteiger partial charge < -0.3 is 9.64 Å². The van der Waals surface area contributed by atoms with E-state index in [4.69, 9.17) is 4.74 Å². The van der Waals surface area contributed by atoms with Gasteiger partial charge in [-0.25, -0.2) is 0 Å². The SMILES string of the molecule is Cc1cc(C)c2c(c1)N(C)C(=O)C(C)(C)CO2. The van der Waals surface area contributed by atoms with Gasteiger partial charge in [-0.2, -0.15) is 0 Å². The number of fused-ring (bicyclic) bond motifs is 1. The minimum absolute atomic E-state index is 0.0984. The molecule has 0 bridgehead atoms. The van der Waals surface area contributed by atoms with E-state index in [-0.39, 0.29) is 5.91 Å². The van der Waals surface area contributed by atoms with Crippen LogP contribution in [0, 0.1) is 19.3 Å². The van der Waals surface area contributed by atoms with Crippen LogP contribution in [-0.2, 0) is 4.79 Å². The molecule has 0 aromatic heterocycles. The van der Waals surface area contributed by atoms with Crippen molar-refractivity contribution in [2.45, 2.75) is 27.7 Å². The number of nitrogens with zero attached hydrogens (tertiary/aromatic N) is 1. The van der Waals surface area contributed by atoms with Crippen LogP contribution >= 0.6 is 0 Å². The van der Waals surface area contributed by atoms with E-state index < -0.39 is 5.41 Å². The molecule has 0 N–H and O–H groups in total. The molecule has 3 nitrogen and oxygen atoms in total. The molecule has 0 fully saturated rings. The standard InChI is InChI=1S/C14H19NO2/c1-9-6-10(2)12-11(7-9)15(5)13(16)14(3,4)8-17-12/h6-7H,8H2,1-5H3. The number of ether oxygens (including phenoxy) is 1. The molecular formula is C14H19NO2. The summed E-state index contributed by atoms with van der Waals surface area (Å²) in [4.78, 5) is 14.0. The van der Waals surface area contributed by atoms with Gasteiger partial charge >= 0.3 is 0 Å². The fourth-order valence-electron chi connectivity index (χ4n) is 2.25. The zero-order valence-electron chi connectivity index (χ0n) is 11.1. The molecule has 0 unspecified atom stereocenters. The maximum absolute atomic E-state index is 12.3. The van der Waals surface area contributed by atoms with E-state index in [1.807, 2.05) is 40.8 Å². The summed E-state index contributed by atoms with van der Waals surface area (Å²) in [5.74, 6) is 0.929. The van der Waals surface area contributed by atoms with Gasteiger partial charge in [-0.05, 0) is 44.9 Å². The summed E-state index contributed by atoms with van der Waals surface area (Å²) in [5.41, 5.74) is 2.62. The lowest BCUT2D eigenvalue weighted by Gasteiger charge is -2.24. The van der Waals surface area contributed by atoms with Crippen LogP contribution in [0.1, 0.15) is 25.0 Å². The first-order valence-corrected chi connectivity index (χ1v) is 5.85. The van der Waals surface area contributed by atoms with Gasteiger partial charge in [0.2, 0.25) is 5.91 Å². The van der Waals surface area contributed by atoms with Gasteiger partial charge in [0.25, 0.3) is 0 Å². The van der Waals surface area contributed by atoms with E-state index in [0.717, 1.165) is 22.6 Å². The molecule has 1 amide bonds. The molecule has 1 aromatic rings. The number of anilines is 1. The molecule has 0 radical (unpaired) electrons. The van der Waals surface area contributed by atoms with Crippen molar-refractivity contribution in [3.05, 3.63) is 23.3 Å². The second-order valence-electron chi connectivity index (χ2n) is 5.47. The predicted molar refractivity (Wildman–Crippen MR) is 68.6 cm³/mol. The molecule has 1 aliphatic heterocycles. The minimum Gasteiger partial charge on any atom is -0.490 e. The summed E-state index contributed by atoms with van der Waals surface area (Å²) in [6.07, 6.45) is 0. The van der Waals surface area contributed by atoms with Crippen molar-refractivity contribution in [3.8, 4) is 5.75 Å². The lowest BCUT2D eigenvalue weighted by molar-refractivity contribution is -0.127. The number of hydrogen-bond acceptors (Lipinski definition) is 2. The second kappa shape index (κ2) is 3.76. The fourth-order valence-corrected chi connectivity index (χ4v) is 2.25. The Morgan fingerprint density at radius 1 is 1.29 bits per heavy atom. The molecular weight excluding hydrogens is 214 g/mol. The Kier molecular flexibility index (Phi) is 2.64. The Morgan fingerprint density at radius 2 is 1.94 bits per heavy atom. The van der Waals surface area contributed by atoms with E-state index in [1.165, 1.54) is 0 Å². The zero-order valence-corrected chi connectivity index (χ0v) is 11.1. The van der Waals surface area contributed by atoms with Gasteiger partial charge in [-0.3, -0.25) is 4.79 Å². The molecule has 1 heterocycles. The summed E-state index contributed by atoms with van der Waals surface area (Å²) in [5, 5.41) is 0. The molecule has 2 rings (SSSR count). The molecule has 17 heavy (non-hydrogen) atoms. The van der Waals surface area contributed by atoms with Gasteiger partial charge in [-0.1, -0.05) is 6.07 Å². The molecule has 0 aliphatic carbocycles. The van der Waals surface area contributed by atoms with Crippen LogP contribution in [0.4, 0.5) is 5.69 Å². The highest BCUT2D eigenvalue weighted by Crippen LogP contribution is 2.38. The van der Waals surface area contributed by atoms with Gasteiger partial charge in [0.15, 0.2) is 0 Å². The summed E-state index contributed by atoms with van der Waals surface area (Å²) in [6, 6.07) is 4.08. The first kappa shape index (κ1) is 12.0. The van der Waals surface area contributed by atoms with E-state index in [9.17, 15) is 4.79 Å². The highest BCUT2D eigenvalue weighted by molar-refractivity contribution is 5.99.